The smallest absolute Gasteiger partial charge is 0.251 e. The molecule has 0 radical (unpaired) electrons. The number of nitrogens with zero attached hydrogens (tertiary/aromatic N) is 1. The molecule has 2 aromatic rings. The molecule has 2 aromatic carbocycles. The van der Waals surface area contributed by atoms with Crippen LogP contribution in [0.4, 0.5) is 11.4 Å². The number of halogens is 2. The Morgan fingerprint density at radius 3 is 2.63 bits per heavy atom. The highest BCUT2D eigenvalue weighted by molar-refractivity contribution is 6.35. The predicted molar refractivity (Wildman–Crippen MR) is 139 cm³/mol. The first-order valence-corrected chi connectivity index (χ1v) is 12.7. The topological polar surface area (TPSA) is 105 Å². The van der Waals surface area contributed by atoms with Crippen molar-refractivity contribution in [3.8, 4) is 0 Å². The van der Waals surface area contributed by atoms with Gasteiger partial charge in [-0.2, -0.15) is 0 Å². The standard InChI is InChI=1S/C26H30Cl2N4O3/c1-15(33)32-23-8-5-18(26(35)30-14-17-4-2-3-16(9-17)13-29)10-22(23)31-25(34)12-24(32)20-7-6-19(27)11-21(20)28/h5-8,10-11,16-17,24H,2-4,9,12-14,29H2,1H3,(H,30,35)(H,31,34). The first-order chi connectivity index (χ1) is 16.8. The zero-order chi connectivity index (χ0) is 25.1. The van der Waals surface area contributed by atoms with Crippen molar-refractivity contribution >= 4 is 52.3 Å². The lowest BCUT2D eigenvalue weighted by Gasteiger charge is -2.30. The van der Waals surface area contributed by atoms with Crippen LogP contribution in [0, 0.1) is 11.8 Å². The Morgan fingerprint density at radius 1 is 1.14 bits per heavy atom. The van der Waals surface area contributed by atoms with Gasteiger partial charge in [0.25, 0.3) is 5.91 Å². The van der Waals surface area contributed by atoms with Gasteiger partial charge in [-0.3, -0.25) is 14.4 Å². The number of amides is 3. The second kappa shape index (κ2) is 11.0. The third-order valence-corrected chi connectivity index (χ3v) is 7.48. The molecule has 3 unspecified atom stereocenters. The van der Waals surface area contributed by atoms with E-state index in [0.29, 0.717) is 57.5 Å². The summed E-state index contributed by atoms with van der Waals surface area (Å²) in [5, 5.41) is 6.72. The lowest BCUT2D eigenvalue weighted by atomic mass is 9.81. The SMILES string of the molecule is CC(=O)N1c2ccc(C(=O)NCC3CCCC(CN)C3)cc2NC(=O)CC1c1ccc(Cl)cc1Cl. The quantitative estimate of drug-likeness (QED) is 0.524. The third kappa shape index (κ3) is 5.80. The van der Waals surface area contributed by atoms with E-state index < -0.39 is 6.04 Å². The predicted octanol–water partition coefficient (Wildman–Crippen LogP) is 4.92. The van der Waals surface area contributed by atoms with Gasteiger partial charge in [0.15, 0.2) is 0 Å². The molecule has 0 bridgehead atoms. The molecule has 4 rings (SSSR count). The molecule has 0 saturated heterocycles. The monoisotopic (exact) mass is 516 g/mol. The van der Waals surface area contributed by atoms with Crippen LogP contribution in [0.25, 0.3) is 0 Å². The number of rotatable bonds is 5. The van der Waals surface area contributed by atoms with Gasteiger partial charge in [0.2, 0.25) is 11.8 Å². The summed E-state index contributed by atoms with van der Waals surface area (Å²) in [7, 11) is 0. The first kappa shape index (κ1) is 25.5. The average molecular weight is 517 g/mol. The minimum atomic E-state index is -0.611. The number of fused-ring (bicyclic) bond motifs is 1. The van der Waals surface area contributed by atoms with Crippen molar-refractivity contribution in [2.75, 3.05) is 23.3 Å². The number of carbonyl (C=O) groups excluding carboxylic acids is 3. The number of nitrogens with two attached hydrogens (primary N) is 1. The van der Waals surface area contributed by atoms with Gasteiger partial charge < -0.3 is 21.3 Å². The van der Waals surface area contributed by atoms with Crippen LogP contribution in [0.15, 0.2) is 36.4 Å². The van der Waals surface area contributed by atoms with Crippen LogP contribution in [0.1, 0.15) is 61.0 Å². The maximum absolute atomic E-state index is 12.9. The highest BCUT2D eigenvalue weighted by Gasteiger charge is 2.33. The van der Waals surface area contributed by atoms with Crippen molar-refractivity contribution in [3.05, 3.63) is 57.6 Å². The van der Waals surface area contributed by atoms with Gasteiger partial charge in [0.1, 0.15) is 0 Å². The minimum absolute atomic E-state index is 0.0150. The summed E-state index contributed by atoms with van der Waals surface area (Å²) in [5.74, 6) is 0.196. The van der Waals surface area contributed by atoms with Crippen molar-refractivity contribution in [2.45, 2.75) is 45.1 Å². The van der Waals surface area contributed by atoms with Crippen molar-refractivity contribution in [1.82, 2.24) is 5.32 Å². The summed E-state index contributed by atoms with van der Waals surface area (Å²) < 4.78 is 0. The normalized spacial score (nSPS) is 22.1. The summed E-state index contributed by atoms with van der Waals surface area (Å²) in [6.45, 7) is 2.72. The van der Waals surface area contributed by atoms with Crippen LogP contribution in [0.2, 0.25) is 10.0 Å². The zero-order valence-corrected chi connectivity index (χ0v) is 21.2. The van der Waals surface area contributed by atoms with E-state index in [9.17, 15) is 14.4 Å². The van der Waals surface area contributed by atoms with Gasteiger partial charge in [0, 0.05) is 29.1 Å². The zero-order valence-electron chi connectivity index (χ0n) is 19.7. The van der Waals surface area contributed by atoms with E-state index in [4.69, 9.17) is 28.9 Å². The Kier molecular flexibility index (Phi) is 7.99. The Morgan fingerprint density at radius 2 is 1.91 bits per heavy atom. The summed E-state index contributed by atoms with van der Waals surface area (Å²) in [6.07, 6.45) is 4.41. The third-order valence-electron chi connectivity index (χ3n) is 6.92. The van der Waals surface area contributed by atoms with Crippen LogP contribution < -0.4 is 21.3 Å². The van der Waals surface area contributed by atoms with Gasteiger partial charge in [-0.1, -0.05) is 35.7 Å². The van der Waals surface area contributed by atoms with Gasteiger partial charge in [-0.05, 0) is 73.5 Å². The average Bonchev–Trinajstić information content (AvgIpc) is 2.97. The van der Waals surface area contributed by atoms with E-state index >= 15 is 0 Å². The molecule has 35 heavy (non-hydrogen) atoms. The summed E-state index contributed by atoms with van der Waals surface area (Å²) in [6, 6.07) is 9.38. The fraction of sp³-hybridized carbons (Fsp3) is 0.423. The molecule has 3 amide bonds. The molecular formula is C26H30Cl2N4O3. The second-order valence-electron chi connectivity index (χ2n) is 9.40. The number of anilines is 2. The molecule has 7 nitrogen and oxygen atoms in total. The Bertz CT molecular complexity index is 1140. The second-order valence-corrected chi connectivity index (χ2v) is 10.2. The molecule has 2 aliphatic rings. The van der Waals surface area contributed by atoms with E-state index in [2.05, 4.69) is 10.6 Å². The van der Waals surface area contributed by atoms with Crippen molar-refractivity contribution in [1.29, 1.82) is 0 Å². The molecule has 0 aromatic heterocycles. The largest absolute Gasteiger partial charge is 0.352 e. The molecule has 1 heterocycles. The lowest BCUT2D eigenvalue weighted by molar-refractivity contribution is -0.118. The van der Waals surface area contributed by atoms with Crippen LogP contribution in [0.3, 0.4) is 0 Å². The Labute approximate surface area is 215 Å². The number of nitrogens with one attached hydrogen (secondary N) is 2. The number of carbonyl (C=O) groups is 3. The summed E-state index contributed by atoms with van der Waals surface area (Å²) in [4.78, 5) is 40.0. The molecule has 186 valence electrons. The van der Waals surface area contributed by atoms with E-state index in [1.807, 2.05) is 0 Å². The number of hydrogen-bond acceptors (Lipinski definition) is 4. The highest BCUT2D eigenvalue weighted by atomic mass is 35.5. The fourth-order valence-corrected chi connectivity index (χ4v) is 5.71. The molecular weight excluding hydrogens is 487 g/mol. The fourth-order valence-electron chi connectivity index (χ4n) is 5.17. The Balaban J connectivity index is 1.58. The number of benzene rings is 2. The molecule has 1 aliphatic carbocycles. The molecule has 1 aliphatic heterocycles. The maximum atomic E-state index is 12.9. The van der Waals surface area contributed by atoms with E-state index in [1.165, 1.54) is 6.92 Å². The molecule has 1 saturated carbocycles. The van der Waals surface area contributed by atoms with Crippen molar-refractivity contribution in [3.63, 3.8) is 0 Å². The molecule has 3 atom stereocenters. The van der Waals surface area contributed by atoms with Crippen LogP contribution >= 0.6 is 23.2 Å². The van der Waals surface area contributed by atoms with Crippen LogP contribution in [0.5, 0.6) is 0 Å². The van der Waals surface area contributed by atoms with Crippen LogP contribution in [-0.2, 0) is 9.59 Å². The van der Waals surface area contributed by atoms with E-state index in [0.717, 1.165) is 25.7 Å². The Hall–Kier alpha value is -2.61. The lowest BCUT2D eigenvalue weighted by Crippen LogP contribution is -2.34. The molecule has 4 N–H and O–H groups in total. The van der Waals surface area contributed by atoms with Crippen molar-refractivity contribution in [2.24, 2.45) is 17.6 Å². The van der Waals surface area contributed by atoms with Gasteiger partial charge in [-0.15, -0.1) is 0 Å². The summed E-state index contributed by atoms with van der Waals surface area (Å²) in [5.41, 5.74) is 7.79. The van der Waals surface area contributed by atoms with Gasteiger partial charge >= 0.3 is 0 Å². The van der Waals surface area contributed by atoms with Crippen LogP contribution in [-0.4, -0.2) is 30.8 Å². The highest BCUT2D eigenvalue weighted by Crippen LogP contribution is 2.41. The van der Waals surface area contributed by atoms with Gasteiger partial charge in [-0.25, -0.2) is 0 Å². The van der Waals surface area contributed by atoms with Crippen molar-refractivity contribution < 1.29 is 14.4 Å². The van der Waals surface area contributed by atoms with E-state index in [-0.39, 0.29) is 24.1 Å². The molecule has 1 fully saturated rings. The van der Waals surface area contributed by atoms with Gasteiger partial charge in [0.05, 0.1) is 23.8 Å². The molecule has 9 heteroatoms. The summed E-state index contributed by atoms with van der Waals surface area (Å²) >= 11 is 12.5. The van der Waals surface area contributed by atoms with E-state index in [1.54, 1.807) is 41.3 Å². The molecule has 0 spiro atoms. The maximum Gasteiger partial charge on any atom is 0.251 e. The first-order valence-electron chi connectivity index (χ1n) is 11.9. The number of hydrogen-bond donors (Lipinski definition) is 3. The minimum Gasteiger partial charge on any atom is -0.352 e.